The second-order valence-electron chi connectivity index (χ2n) is 8.24. The maximum atomic E-state index is 12.7. The van der Waals surface area contributed by atoms with Gasteiger partial charge in [0.25, 0.3) is 10.0 Å². The van der Waals surface area contributed by atoms with Crippen LogP contribution < -0.4 is 5.32 Å². The van der Waals surface area contributed by atoms with Crippen LogP contribution in [0, 0.1) is 0 Å². The summed E-state index contributed by atoms with van der Waals surface area (Å²) >= 11 is 1.19. The van der Waals surface area contributed by atoms with Crippen LogP contribution in [0.25, 0.3) is 0 Å². The van der Waals surface area contributed by atoms with Gasteiger partial charge in [-0.2, -0.15) is 4.31 Å². The van der Waals surface area contributed by atoms with E-state index in [0.29, 0.717) is 17.3 Å². The van der Waals surface area contributed by atoms with E-state index in [0.717, 1.165) is 29.8 Å². The molecule has 0 aliphatic carbocycles. The zero-order valence-electron chi connectivity index (χ0n) is 16.7. The van der Waals surface area contributed by atoms with Crippen LogP contribution in [0.1, 0.15) is 50.5 Å². The number of hydrogen-bond acceptors (Lipinski definition) is 4. The van der Waals surface area contributed by atoms with Crippen molar-refractivity contribution in [1.82, 2.24) is 4.31 Å². The third-order valence-electron chi connectivity index (χ3n) is 4.92. The van der Waals surface area contributed by atoms with Crippen LogP contribution in [0.5, 0.6) is 0 Å². The van der Waals surface area contributed by atoms with Crippen molar-refractivity contribution >= 4 is 33.0 Å². The second-order valence-corrected chi connectivity index (χ2v) is 11.6. The topological polar surface area (TPSA) is 66.5 Å². The number of carbonyl (C=O) groups excluding carboxylic acids is 1. The Morgan fingerprint density at radius 3 is 2.29 bits per heavy atom. The Morgan fingerprint density at radius 2 is 1.68 bits per heavy atom. The molecule has 28 heavy (non-hydrogen) atoms. The third-order valence-corrected chi connectivity index (χ3v) is 8.37. The summed E-state index contributed by atoms with van der Waals surface area (Å²) in [4.78, 5) is 13.1. The predicted octanol–water partition coefficient (Wildman–Crippen LogP) is 4.40. The summed E-state index contributed by atoms with van der Waals surface area (Å²) in [7, 11) is -3.43. The fraction of sp³-hybridized carbons (Fsp3) is 0.476. The zero-order valence-corrected chi connectivity index (χ0v) is 18.3. The number of piperidine rings is 1. The van der Waals surface area contributed by atoms with Crippen molar-refractivity contribution < 1.29 is 13.2 Å². The smallest absolute Gasteiger partial charge is 0.252 e. The van der Waals surface area contributed by atoms with Gasteiger partial charge in [-0.25, -0.2) is 8.42 Å². The van der Waals surface area contributed by atoms with Crippen molar-refractivity contribution in [3.63, 3.8) is 0 Å². The van der Waals surface area contributed by atoms with Crippen LogP contribution in [-0.2, 0) is 26.7 Å². The maximum absolute atomic E-state index is 12.7. The van der Waals surface area contributed by atoms with Gasteiger partial charge in [0.1, 0.15) is 4.21 Å². The first-order chi connectivity index (χ1) is 13.2. The highest BCUT2D eigenvalue weighted by Crippen LogP contribution is 2.28. The molecular weight excluding hydrogens is 392 g/mol. The molecule has 7 heteroatoms. The molecule has 1 aliphatic rings. The van der Waals surface area contributed by atoms with Crippen molar-refractivity contribution in [2.45, 2.75) is 56.1 Å². The molecule has 0 atom stereocenters. The molecule has 1 aromatic heterocycles. The number of sulfonamides is 1. The molecule has 5 nitrogen and oxygen atoms in total. The molecular formula is C21H28N2O3S2. The SMILES string of the molecule is CC(C)(C)c1ccc(NC(=O)Cc2ccc(S(=O)(=O)N3CCCCC3)s2)cc1. The minimum absolute atomic E-state index is 0.0652. The molecule has 1 N–H and O–H groups in total. The molecule has 2 aromatic rings. The van der Waals surface area contributed by atoms with Crippen LogP contribution in [0.2, 0.25) is 0 Å². The summed E-state index contributed by atoms with van der Waals surface area (Å²) < 4.78 is 27.3. The van der Waals surface area contributed by atoms with Crippen molar-refractivity contribution in [2.75, 3.05) is 18.4 Å². The second kappa shape index (κ2) is 8.35. The van der Waals surface area contributed by atoms with E-state index < -0.39 is 10.0 Å². The van der Waals surface area contributed by atoms with Gasteiger partial charge in [0, 0.05) is 23.7 Å². The number of thiophene rings is 1. The van der Waals surface area contributed by atoms with E-state index in [2.05, 4.69) is 26.1 Å². The quantitative estimate of drug-likeness (QED) is 0.779. The average molecular weight is 421 g/mol. The lowest BCUT2D eigenvalue weighted by Gasteiger charge is -2.25. The number of nitrogens with one attached hydrogen (secondary N) is 1. The van der Waals surface area contributed by atoms with Gasteiger partial charge in [-0.05, 0) is 48.1 Å². The van der Waals surface area contributed by atoms with Crippen molar-refractivity contribution in [1.29, 1.82) is 0 Å². The largest absolute Gasteiger partial charge is 0.326 e. The summed E-state index contributed by atoms with van der Waals surface area (Å²) in [5, 5.41) is 2.89. The number of carbonyl (C=O) groups is 1. The van der Waals surface area contributed by atoms with Gasteiger partial charge < -0.3 is 5.32 Å². The van der Waals surface area contributed by atoms with E-state index >= 15 is 0 Å². The summed E-state index contributed by atoms with van der Waals surface area (Å²) in [6.07, 6.45) is 3.07. The average Bonchev–Trinajstić information content (AvgIpc) is 3.11. The minimum atomic E-state index is -3.43. The fourth-order valence-electron chi connectivity index (χ4n) is 3.24. The van der Waals surface area contributed by atoms with Gasteiger partial charge in [0.05, 0.1) is 6.42 Å². The molecule has 2 heterocycles. The zero-order chi connectivity index (χ0) is 20.4. The molecule has 1 saturated heterocycles. The molecule has 1 aromatic carbocycles. The Morgan fingerprint density at radius 1 is 1.04 bits per heavy atom. The molecule has 0 bridgehead atoms. The van der Waals surface area contributed by atoms with Crippen molar-refractivity contribution in [3.8, 4) is 0 Å². The van der Waals surface area contributed by atoms with Crippen LogP contribution >= 0.6 is 11.3 Å². The van der Waals surface area contributed by atoms with Crippen LogP contribution in [0.4, 0.5) is 5.69 Å². The maximum Gasteiger partial charge on any atom is 0.252 e. The summed E-state index contributed by atoms with van der Waals surface area (Å²) in [6.45, 7) is 7.61. The van der Waals surface area contributed by atoms with Gasteiger partial charge in [-0.15, -0.1) is 11.3 Å². The number of nitrogens with zero attached hydrogens (tertiary/aromatic N) is 1. The molecule has 0 spiro atoms. The van der Waals surface area contributed by atoms with Gasteiger partial charge in [0.15, 0.2) is 0 Å². The highest BCUT2D eigenvalue weighted by atomic mass is 32.2. The Bertz CT molecular complexity index is 919. The van der Waals surface area contributed by atoms with Gasteiger partial charge in [0.2, 0.25) is 5.91 Å². The van der Waals surface area contributed by atoms with Crippen molar-refractivity contribution in [2.24, 2.45) is 0 Å². The number of hydrogen-bond donors (Lipinski definition) is 1. The minimum Gasteiger partial charge on any atom is -0.326 e. The lowest BCUT2D eigenvalue weighted by atomic mass is 9.87. The number of amides is 1. The van der Waals surface area contributed by atoms with E-state index in [1.165, 1.54) is 16.9 Å². The lowest BCUT2D eigenvalue weighted by molar-refractivity contribution is -0.115. The Balaban J connectivity index is 1.62. The van der Waals surface area contributed by atoms with E-state index in [1.54, 1.807) is 16.4 Å². The monoisotopic (exact) mass is 420 g/mol. The predicted molar refractivity (Wildman–Crippen MR) is 114 cm³/mol. The molecule has 152 valence electrons. The summed E-state index contributed by atoms with van der Waals surface area (Å²) in [5.41, 5.74) is 2.02. The third kappa shape index (κ3) is 5.01. The first-order valence-corrected chi connectivity index (χ1v) is 11.9. The standard InChI is InChI=1S/C21H28N2O3S2/c1-21(2,3)16-7-9-17(10-8-16)22-19(24)15-18-11-12-20(27-18)28(25,26)23-13-5-4-6-14-23/h7-12H,4-6,13-15H2,1-3H3,(H,22,24). The molecule has 0 radical (unpaired) electrons. The molecule has 3 rings (SSSR count). The van der Waals surface area contributed by atoms with E-state index in [1.807, 2.05) is 24.3 Å². The van der Waals surface area contributed by atoms with Crippen LogP contribution in [-0.4, -0.2) is 31.7 Å². The molecule has 0 saturated carbocycles. The van der Waals surface area contributed by atoms with Gasteiger partial charge >= 0.3 is 0 Å². The van der Waals surface area contributed by atoms with E-state index in [9.17, 15) is 13.2 Å². The molecule has 1 aliphatic heterocycles. The number of anilines is 1. The first kappa shape index (κ1) is 21.0. The lowest BCUT2D eigenvalue weighted by Crippen LogP contribution is -2.35. The van der Waals surface area contributed by atoms with E-state index in [4.69, 9.17) is 0 Å². The van der Waals surface area contributed by atoms with Gasteiger partial charge in [-0.3, -0.25) is 4.79 Å². The highest BCUT2D eigenvalue weighted by Gasteiger charge is 2.27. The normalized spacial score (nSPS) is 16.1. The number of rotatable bonds is 5. The molecule has 1 fully saturated rings. The summed E-state index contributed by atoms with van der Waals surface area (Å²) in [6, 6.07) is 11.2. The Labute approximate surface area is 171 Å². The Hall–Kier alpha value is -1.70. The highest BCUT2D eigenvalue weighted by molar-refractivity contribution is 7.91. The molecule has 1 amide bonds. The van der Waals surface area contributed by atoms with Crippen LogP contribution in [0.3, 0.4) is 0 Å². The Kier molecular flexibility index (Phi) is 6.27. The van der Waals surface area contributed by atoms with E-state index in [-0.39, 0.29) is 17.7 Å². The van der Waals surface area contributed by atoms with Crippen LogP contribution in [0.15, 0.2) is 40.6 Å². The van der Waals surface area contributed by atoms with Crippen molar-refractivity contribution in [3.05, 3.63) is 46.8 Å². The van der Waals surface area contributed by atoms with Gasteiger partial charge in [-0.1, -0.05) is 39.3 Å². The summed E-state index contributed by atoms with van der Waals surface area (Å²) in [5.74, 6) is -0.146. The first-order valence-electron chi connectivity index (χ1n) is 9.65. The fourth-order valence-corrected chi connectivity index (χ4v) is 6.27. The molecule has 0 unspecified atom stereocenters. The number of benzene rings is 1.